The number of imide groups is 1. The maximum Gasteiger partial charge on any atom is 0.418 e. The molecule has 14 heteroatoms. The number of carbonyl (C=O) groups is 3. The summed E-state index contributed by atoms with van der Waals surface area (Å²) in [7, 11) is 0. The molecule has 2 aliphatic heterocycles. The Morgan fingerprint density at radius 3 is 2.38 bits per heavy atom. The number of thioether (sulfide) groups is 1. The molecule has 1 aromatic heterocycles. The van der Waals surface area contributed by atoms with Crippen LogP contribution in [-0.4, -0.2) is 34.6 Å². The molecule has 1 saturated heterocycles. The molecule has 0 spiro atoms. The number of ether oxygens (including phenoxy) is 1. The van der Waals surface area contributed by atoms with Crippen molar-refractivity contribution in [1.82, 2.24) is 4.98 Å². The van der Waals surface area contributed by atoms with E-state index in [9.17, 15) is 36.7 Å². The number of hydrogen-bond acceptors (Lipinski definition) is 7. The molecule has 2 aliphatic carbocycles. The minimum atomic E-state index is -4.76. The SMILES string of the molecule is O=C(COc1ccccc1[C@@H]1c2sc(=O)[nH]c2S[C@@H]2[C@@H]3C[C@@H]([C@@H]4C(=O)N(c5ccccc5C(F)(F)F)C(=O)[C@@H]34)[C@H]12)Nc1ccc(F)cc1. The van der Waals surface area contributed by atoms with Crippen LogP contribution in [0.25, 0.3) is 0 Å². The highest BCUT2D eigenvalue weighted by molar-refractivity contribution is 8.00. The molecule has 0 radical (unpaired) electrons. The molecule has 8 nitrogen and oxygen atoms in total. The Morgan fingerprint density at radius 2 is 1.62 bits per heavy atom. The van der Waals surface area contributed by atoms with Crippen LogP contribution in [0.3, 0.4) is 0 Å². The van der Waals surface area contributed by atoms with Crippen molar-refractivity contribution in [3.8, 4) is 5.75 Å². The number of amides is 3. The number of alkyl halides is 3. The molecule has 2 bridgehead atoms. The molecule has 4 aromatic rings. The van der Waals surface area contributed by atoms with E-state index in [0.717, 1.165) is 33.2 Å². The number of nitrogens with zero attached hydrogens (tertiary/aromatic N) is 1. The summed E-state index contributed by atoms with van der Waals surface area (Å²) in [5, 5.41) is 3.11. The summed E-state index contributed by atoms with van der Waals surface area (Å²) >= 11 is 2.50. The standard InChI is InChI=1S/C34H25F4N3O5S2/c35-15-9-11-16(12-10-15)39-23(42)14-46-22-8-4-1-5-17(22)24-25-18-13-19(28(25)47-30-29(24)48-33(45)40-30)27-26(18)31(43)41(32(27)44)21-7-3-2-6-20(21)34(36,37)38/h1-12,18-19,24-28H,13-14H2,(H,39,42)(H,40,45)/t18-,19-,24+,25-,26+,27+,28-/m1/s1. The van der Waals surface area contributed by atoms with Gasteiger partial charge < -0.3 is 15.0 Å². The predicted molar refractivity (Wildman–Crippen MR) is 169 cm³/mol. The largest absolute Gasteiger partial charge is 0.483 e. The number of rotatable bonds is 6. The molecule has 48 heavy (non-hydrogen) atoms. The lowest BCUT2D eigenvalue weighted by atomic mass is 9.68. The van der Waals surface area contributed by atoms with E-state index in [0.29, 0.717) is 28.4 Å². The molecule has 3 aromatic carbocycles. The molecular formula is C34H25F4N3O5S2. The summed E-state index contributed by atoms with van der Waals surface area (Å²) in [6.07, 6.45) is -4.22. The second kappa shape index (κ2) is 11.3. The number of halogens is 4. The zero-order valence-electron chi connectivity index (χ0n) is 24.7. The Kier molecular flexibility index (Phi) is 7.29. The summed E-state index contributed by atoms with van der Waals surface area (Å²) in [6, 6.07) is 17.0. The van der Waals surface area contributed by atoms with Gasteiger partial charge in [0.05, 0.1) is 28.1 Å². The number of benzene rings is 3. The fourth-order valence-electron chi connectivity index (χ4n) is 8.25. The van der Waals surface area contributed by atoms with Gasteiger partial charge in [-0.2, -0.15) is 13.2 Å². The number of aromatic nitrogens is 1. The molecule has 246 valence electrons. The van der Waals surface area contributed by atoms with Gasteiger partial charge in [-0.1, -0.05) is 41.7 Å². The molecule has 3 fully saturated rings. The van der Waals surface area contributed by atoms with Crippen LogP contribution < -0.4 is 19.8 Å². The number of aromatic amines is 1. The van der Waals surface area contributed by atoms with Crippen LogP contribution in [0.4, 0.5) is 28.9 Å². The lowest BCUT2D eigenvalue weighted by Crippen LogP contribution is -2.42. The van der Waals surface area contributed by atoms with Gasteiger partial charge in [0.25, 0.3) is 5.91 Å². The number of carbonyl (C=O) groups excluding carboxylic acids is 3. The van der Waals surface area contributed by atoms with Crippen molar-refractivity contribution in [3.05, 3.63) is 104 Å². The number of fused-ring (bicyclic) bond motifs is 9. The predicted octanol–water partition coefficient (Wildman–Crippen LogP) is 6.29. The first-order valence-corrected chi connectivity index (χ1v) is 16.9. The van der Waals surface area contributed by atoms with Gasteiger partial charge in [0.2, 0.25) is 11.8 Å². The highest BCUT2D eigenvalue weighted by atomic mass is 32.2. The second-order valence-corrected chi connectivity index (χ2v) is 14.6. The quantitative estimate of drug-likeness (QED) is 0.181. The van der Waals surface area contributed by atoms with Gasteiger partial charge in [0, 0.05) is 27.3 Å². The Bertz CT molecular complexity index is 2030. The molecule has 8 rings (SSSR count). The zero-order chi connectivity index (χ0) is 33.5. The lowest BCUT2D eigenvalue weighted by molar-refractivity contribution is -0.137. The smallest absolute Gasteiger partial charge is 0.418 e. The van der Waals surface area contributed by atoms with Crippen LogP contribution >= 0.6 is 23.1 Å². The number of para-hydroxylation sites is 2. The average molecular weight is 696 g/mol. The first kappa shape index (κ1) is 30.9. The first-order valence-electron chi connectivity index (χ1n) is 15.2. The van der Waals surface area contributed by atoms with Crippen molar-refractivity contribution < 1.29 is 36.7 Å². The third-order valence-corrected chi connectivity index (χ3v) is 12.5. The maximum atomic E-state index is 14.0. The molecule has 2 N–H and O–H groups in total. The second-order valence-electron chi connectivity index (χ2n) is 12.4. The third kappa shape index (κ3) is 4.87. The van der Waals surface area contributed by atoms with E-state index in [2.05, 4.69) is 10.3 Å². The monoisotopic (exact) mass is 695 g/mol. The fraction of sp³-hybridized carbons (Fsp3) is 0.294. The van der Waals surface area contributed by atoms with Gasteiger partial charge in [-0.05, 0) is 66.6 Å². The molecule has 0 unspecified atom stereocenters. The van der Waals surface area contributed by atoms with Gasteiger partial charge in [-0.15, -0.1) is 11.8 Å². The van der Waals surface area contributed by atoms with Crippen LogP contribution in [-0.2, 0) is 20.6 Å². The highest BCUT2D eigenvalue weighted by Gasteiger charge is 2.70. The van der Waals surface area contributed by atoms with Gasteiger partial charge in [-0.25, -0.2) is 9.29 Å². The fourth-order valence-corrected chi connectivity index (χ4v) is 11.1. The Labute approximate surface area is 278 Å². The number of nitrogens with one attached hydrogen (secondary N) is 2. The van der Waals surface area contributed by atoms with Gasteiger partial charge in [0.1, 0.15) is 11.6 Å². The van der Waals surface area contributed by atoms with Crippen molar-refractivity contribution in [2.24, 2.45) is 29.6 Å². The summed E-state index contributed by atoms with van der Waals surface area (Å²) in [6.45, 7) is -0.364. The minimum absolute atomic E-state index is 0.205. The average Bonchev–Trinajstić information content (AvgIpc) is 3.79. The van der Waals surface area contributed by atoms with E-state index < -0.39 is 58.7 Å². The molecule has 4 aliphatic rings. The number of H-pyrrole nitrogens is 1. The summed E-state index contributed by atoms with van der Waals surface area (Å²) in [5.41, 5.74) is -0.412. The Morgan fingerprint density at radius 1 is 0.938 bits per heavy atom. The summed E-state index contributed by atoms with van der Waals surface area (Å²) in [5.74, 6) is -4.69. The van der Waals surface area contributed by atoms with Crippen LogP contribution in [0, 0.1) is 35.4 Å². The van der Waals surface area contributed by atoms with E-state index in [1.165, 1.54) is 48.2 Å². The van der Waals surface area contributed by atoms with Crippen LogP contribution in [0.2, 0.25) is 0 Å². The minimum Gasteiger partial charge on any atom is -0.483 e. The van der Waals surface area contributed by atoms with Gasteiger partial charge in [-0.3, -0.25) is 19.2 Å². The van der Waals surface area contributed by atoms with E-state index in [1.54, 1.807) is 12.1 Å². The zero-order valence-corrected chi connectivity index (χ0v) is 26.3. The van der Waals surface area contributed by atoms with E-state index in [4.69, 9.17) is 4.74 Å². The van der Waals surface area contributed by atoms with Crippen LogP contribution in [0.5, 0.6) is 5.75 Å². The maximum absolute atomic E-state index is 14.0. The van der Waals surface area contributed by atoms with Crippen molar-refractivity contribution in [1.29, 1.82) is 0 Å². The van der Waals surface area contributed by atoms with Gasteiger partial charge in [0.15, 0.2) is 6.61 Å². The van der Waals surface area contributed by atoms with Crippen molar-refractivity contribution >= 4 is 52.2 Å². The molecule has 7 atom stereocenters. The lowest BCUT2D eigenvalue weighted by Gasteiger charge is -2.43. The first-order chi connectivity index (χ1) is 23.0. The summed E-state index contributed by atoms with van der Waals surface area (Å²) < 4.78 is 61.3. The van der Waals surface area contributed by atoms with E-state index >= 15 is 0 Å². The number of anilines is 2. The molecular weight excluding hydrogens is 671 g/mol. The van der Waals surface area contributed by atoms with Crippen LogP contribution in [0.1, 0.15) is 28.3 Å². The highest BCUT2D eigenvalue weighted by Crippen LogP contribution is 2.69. The topological polar surface area (TPSA) is 109 Å². The van der Waals surface area contributed by atoms with Crippen molar-refractivity contribution in [2.75, 3.05) is 16.8 Å². The molecule has 2 saturated carbocycles. The Balaban J connectivity index is 1.13. The van der Waals surface area contributed by atoms with Crippen molar-refractivity contribution in [2.45, 2.75) is 28.8 Å². The van der Waals surface area contributed by atoms with Crippen LogP contribution in [0.15, 0.2) is 82.6 Å². The Hall–Kier alpha value is -4.43. The number of hydrogen-bond donors (Lipinski definition) is 2. The van der Waals surface area contributed by atoms with Crippen molar-refractivity contribution in [3.63, 3.8) is 0 Å². The summed E-state index contributed by atoms with van der Waals surface area (Å²) in [4.78, 5) is 57.5. The van der Waals surface area contributed by atoms with E-state index in [1.807, 2.05) is 12.1 Å². The van der Waals surface area contributed by atoms with E-state index in [-0.39, 0.29) is 34.5 Å². The normalized spacial score (nSPS) is 27.1. The third-order valence-electron chi connectivity index (χ3n) is 9.92. The number of thiazole rings is 1. The molecule has 3 heterocycles. The molecule has 3 amide bonds. The van der Waals surface area contributed by atoms with Gasteiger partial charge >= 0.3 is 11.0 Å².